The van der Waals surface area contributed by atoms with E-state index in [1.807, 2.05) is 0 Å². The van der Waals surface area contributed by atoms with Crippen LogP contribution in [0.5, 0.6) is 0 Å². The summed E-state index contributed by atoms with van der Waals surface area (Å²) in [6.45, 7) is -5.88. The molecule has 3 aromatic rings. The molecular weight excluding hydrogens is 385 g/mol. The van der Waals surface area contributed by atoms with Crippen molar-refractivity contribution in [2.75, 3.05) is 0 Å². The lowest BCUT2D eigenvalue weighted by Crippen LogP contribution is -2.19. The summed E-state index contributed by atoms with van der Waals surface area (Å²) >= 11 is 0. The zero-order valence-electron chi connectivity index (χ0n) is 22.0. The molecule has 0 radical (unpaired) electrons. The van der Waals surface area contributed by atoms with E-state index in [-0.39, 0.29) is 12.1 Å². The van der Waals surface area contributed by atoms with Crippen molar-refractivity contribution in [2.24, 2.45) is 0 Å². The highest BCUT2D eigenvalue weighted by molar-refractivity contribution is 6.01. The van der Waals surface area contributed by atoms with Gasteiger partial charge in [0, 0.05) is 42.8 Å². The van der Waals surface area contributed by atoms with Crippen LogP contribution in [0.3, 0.4) is 0 Å². The number of halogens is 1. The fourth-order valence-corrected chi connectivity index (χ4v) is 3.49. The Balaban J connectivity index is 2.28. The molecule has 0 unspecified atom stereocenters. The molecule has 0 aliphatic heterocycles. The van der Waals surface area contributed by atoms with Crippen LogP contribution in [0.25, 0.3) is 28.1 Å². The molecule has 3 N–H and O–H groups in total. The number of carbonyl (C=O) groups is 1. The van der Waals surface area contributed by atoms with Crippen LogP contribution in [-0.4, -0.2) is 38.1 Å². The van der Waals surface area contributed by atoms with Crippen molar-refractivity contribution in [1.82, 2.24) is 4.57 Å². The van der Waals surface area contributed by atoms with E-state index >= 15 is 0 Å². The maximum atomic E-state index is 13.7. The first-order valence-corrected chi connectivity index (χ1v) is 9.35. The Hall–Kier alpha value is -2.96. The van der Waals surface area contributed by atoms with E-state index in [1.165, 1.54) is 41.0 Å². The summed E-state index contributed by atoms with van der Waals surface area (Å²) in [5.74, 6) is -1.74. The van der Waals surface area contributed by atoms with Crippen LogP contribution in [0, 0.1) is 5.82 Å². The number of carboxylic acid groups (broad SMARTS) is 1. The predicted octanol–water partition coefficient (Wildman–Crippen LogP) is 4.63. The number of benzene rings is 2. The van der Waals surface area contributed by atoms with Gasteiger partial charge in [0.05, 0.1) is 18.6 Å². The number of aliphatic hydroxyl groups is 2. The number of aliphatic carboxylic acids is 1. The molecule has 0 aliphatic carbocycles. The Kier molecular flexibility index (Phi) is 4.60. The maximum absolute atomic E-state index is 13.7. The summed E-state index contributed by atoms with van der Waals surface area (Å²) in [5, 5.41) is 29.6. The molecule has 6 heteroatoms. The highest BCUT2D eigenvalue weighted by Gasteiger charge is 2.19. The lowest BCUT2D eigenvalue weighted by Gasteiger charge is -2.15. The molecule has 158 valence electrons. The Labute approximate surface area is 183 Å². The smallest absolute Gasteiger partial charge is 0.305 e. The van der Waals surface area contributed by atoms with E-state index in [0.29, 0.717) is 22.0 Å². The van der Waals surface area contributed by atoms with E-state index in [9.17, 15) is 19.4 Å². The topological polar surface area (TPSA) is 82.7 Å². The predicted molar refractivity (Wildman–Crippen MR) is 116 cm³/mol. The summed E-state index contributed by atoms with van der Waals surface area (Å²) < 4.78 is 62.9. The fraction of sp³-hybridized carbons (Fsp3) is 0.292. The van der Waals surface area contributed by atoms with Crippen molar-refractivity contribution < 1.29 is 32.7 Å². The molecule has 30 heavy (non-hydrogen) atoms. The van der Waals surface area contributed by atoms with E-state index in [2.05, 4.69) is 0 Å². The Morgan fingerprint density at radius 3 is 2.53 bits per heavy atom. The third kappa shape index (κ3) is 4.78. The summed E-state index contributed by atoms with van der Waals surface area (Å²) in [6.07, 6.45) is -0.948. The minimum Gasteiger partial charge on any atom is -0.481 e. The van der Waals surface area contributed by atoms with Gasteiger partial charge in [-0.2, -0.15) is 0 Å². The normalized spacial score (nSPS) is 17.7. The SMILES string of the molecule is [2H]C([2H])([2H])C(n1c(/C=C/[C@@H](O)C[C@@H](O)CC(=O)O)c(-c2ccc(F)cc2)c2ccccc21)C([2H])([2H])[2H]. The van der Waals surface area contributed by atoms with E-state index in [1.54, 1.807) is 24.3 Å². The van der Waals surface area contributed by atoms with Gasteiger partial charge in [-0.25, -0.2) is 4.39 Å². The first kappa shape index (κ1) is 14.9. The monoisotopic (exact) mass is 417 g/mol. The van der Waals surface area contributed by atoms with Crippen LogP contribution in [0.4, 0.5) is 4.39 Å². The molecule has 0 saturated heterocycles. The van der Waals surface area contributed by atoms with Gasteiger partial charge in [-0.3, -0.25) is 4.79 Å². The number of hydrogen-bond donors (Lipinski definition) is 3. The van der Waals surface area contributed by atoms with E-state index in [0.717, 1.165) is 0 Å². The highest BCUT2D eigenvalue weighted by atomic mass is 19.1. The van der Waals surface area contributed by atoms with Crippen LogP contribution >= 0.6 is 0 Å². The molecule has 5 nitrogen and oxygen atoms in total. The maximum Gasteiger partial charge on any atom is 0.305 e. The zero-order valence-corrected chi connectivity index (χ0v) is 16.0. The zero-order chi connectivity index (χ0) is 26.8. The number of hydrogen-bond acceptors (Lipinski definition) is 3. The van der Waals surface area contributed by atoms with Crippen molar-refractivity contribution in [3.05, 3.63) is 66.1 Å². The first-order valence-electron chi connectivity index (χ1n) is 12.3. The average molecular weight is 418 g/mol. The minimum atomic E-state index is -2.94. The molecule has 0 fully saturated rings. The summed E-state index contributed by atoms with van der Waals surface area (Å²) in [5.41, 5.74) is 1.38. The Bertz CT molecular complexity index is 1240. The van der Waals surface area contributed by atoms with Crippen molar-refractivity contribution in [3.8, 4) is 11.1 Å². The van der Waals surface area contributed by atoms with Gasteiger partial charge in [-0.1, -0.05) is 36.4 Å². The van der Waals surface area contributed by atoms with Crippen molar-refractivity contribution in [3.63, 3.8) is 0 Å². The number of para-hydroxylation sites is 1. The van der Waals surface area contributed by atoms with Gasteiger partial charge in [0.25, 0.3) is 0 Å². The van der Waals surface area contributed by atoms with Crippen LogP contribution < -0.4 is 0 Å². The lowest BCUT2D eigenvalue weighted by atomic mass is 10.0. The largest absolute Gasteiger partial charge is 0.481 e. The number of fused-ring (bicyclic) bond motifs is 1. The van der Waals surface area contributed by atoms with Crippen LogP contribution in [-0.2, 0) is 4.79 Å². The van der Waals surface area contributed by atoms with Gasteiger partial charge in [-0.05, 0) is 43.5 Å². The molecular formula is C24H26FNO4. The summed E-state index contributed by atoms with van der Waals surface area (Å²) in [6, 6.07) is 10.0. The summed E-state index contributed by atoms with van der Waals surface area (Å²) in [4.78, 5) is 10.8. The molecule has 0 amide bonds. The standard InChI is InChI=1S/C24H26FNO4/c1-15(2)26-21-6-4-3-5-20(21)24(16-7-9-17(25)10-8-16)22(26)12-11-18(27)13-19(28)14-23(29)30/h3-12,15,18-19,27-28H,13-14H2,1-2H3,(H,29,30)/b12-11+/t18-,19-/m1/s1/i1D3,2D3. The van der Waals surface area contributed by atoms with Gasteiger partial charge in [0.15, 0.2) is 0 Å². The van der Waals surface area contributed by atoms with Gasteiger partial charge in [0.2, 0.25) is 0 Å². The van der Waals surface area contributed by atoms with Crippen molar-refractivity contribution in [1.29, 1.82) is 0 Å². The van der Waals surface area contributed by atoms with Crippen molar-refractivity contribution >= 4 is 22.9 Å². The van der Waals surface area contributed by atoms with Gasteiger partial charge < -0.3 is 19.9 Å². The highest BCUT2D eigenvalue weighted by Crippen LogP contribution is 2.38. The number of carboxylic acids is 1. The molecule has 2 atom stereocenters. The fourth-order valence-electron chi connectivity index (χ4n) is 3.49. The number of aromatic nitrogens is 1. The molecule has 1 aromatic heterocycles. The second kappa shape index (κ2) is 9.24. The first-order chi connectivity index (χ1) is 16.7. The van der Waals surface area contributed by atoms with Crippen molar-refractivity contribution in [2.45, 2.75) is 44.8 Å². The molecule has 0 spiro atoms. The Morgan fingerprint density at radius 2 is 1.87 bits per heavy atom. The second-order valence-electron chi connectivity index (χ2n) is 6.97. The second-order valence-corrected chi connectivity index (χ2v) is 6.97. The third-order valence-electron chi connectivity index (χ3n) is 4.74. The average Bonchev–Trinajstić information content (AvgIpc) is 3.04. The molecule has 0 aliphatic rings. The molecule has 2 aromatic carbocycles. The Morgan fingerprint density at radius 1 is 1.17 bits per heavy atom. The van der Waals surface area contributed by atoms with E-state index < -0.39 is 50.2 Å². The number of rotatable bonds is 8. The van der Waals surface area contributed by atoms with Crippen LogP contribution in [0.2, 0.25) is 0 Å². The number of nitrogens with zero attached hydrogens (tertiary/aromatic N) is 1. The molecule has 0 bridgehead atoms. The number of aliphatic hydroxyl groups excluding tert-OH is 2. The quantitative estimate of drug-likeness (QED) is 0.499. The van der Waals surface area contributed by atoms with Gasteiger partial charge in [-0.15, -0.1) is 0 Å². The third-order valence-corrected chi connectivity index (χ3v) is 4.74. The lowest BCUT2D eigenvalue weighted by molar-refractivity contribution is -0.139. The molecule has 3 rings (SSSR count). The van der Waals surface area contributed by atoms with Gasteiger partial charge in [0.1, 0.15) is 5.82 Å². The molecule has 0 saturated carbocycles. The van der Waals surface area contributed by atoms with Crippen LogP contribution in [0.15, 0.2) is 54.6 Å². The minimum absolute atomic E-state index is 0.145. The summed E-state index contributed by atoms with van der Waals surface area (Å²) in [7, 11) is 0. The van der Waals surface area contributed by atoms with Gasteiger partial charge >= 0.3 is 5.97 Å². The molecule has 1 heterocycles. The van der Waals surface area contributed by atoms with E-state index in [4.69, 9.17) is 13.3 Å². The van der Waals surface area contributed by atoms with Crippen LogP contribution in [0.1, 0.15) is 46.5 Å².